The van der Waals surface area contributed by atoms with Crippen LogP contribution in [0.3, 0.4) is 0 Å². The fraction of sp³-hybridized carbons (Fsp3) is 0.750. The third-order valence-electron chi connectivity index (χ3n) is 3.78. The Morgan fingerprint density at radius 3 is 2.22 bits per heavy atom. The summed E-state index contributed by atoms with van der Waals surface area (Å²) >= 11 is 0. The summed E-state index contributed by atoms with van der Waals surface area (Å²) in [5, 5.41) is 9.41. The lowest BCUT2D eigenvalue weighted by Gasteiger charge is -2.37. The first-order chi connectivity index (χ1) is 8.55. The Morgan fingerprint density at radius 1 is 1.17 bits per heavy atom. The van der Waals surface area contributed by atoms with Gasteiger partial charge in [0, 0.05) is 6.54 Å². The standard InChI is InChI=1S/C12H17NO5/c14-9-6-18-7-10(15)13(9)8-12(11(16)17)4-2-1-3-5-12/h1-8H2,(H,16,17). The van der Waals surface area contributed by atoms with E-state index >= 15 is 0 Å². The van der Waals surface area contributed by atoms with Gasteiger partial charge in [-0.15, -0.1) is 0 Å². The number of hydrogen-bond donors (Lipinski definition) is 1. The summed E-state index contributed by atoms with van der Waals surface area (Å²) in [5.41, 5.74) is -0.957. The van der Waals surface area contributed by atoms with Gasteiger partial charge in [0.25, 0.3) is 11.8 Å². The van der Waals surface area contributed by atoms with Crippen LogP contribution in [0.4, 0.5) is 0 Å². The van der Waals surface area contributed by atoms with Gasteiger partial charge in [0.2, 0.25) is 0 Å². The van der Waals surface area contributed by atoms with E-state index in [0.29, 0.717) is 12.8 Å². The number of carbonyl (C=O) groups excluding carboxylic acids is 2. The van der Waals surface area contributed by atoms with E-state index in [0.717, 1.165) is 24.2 Å². The third-order valence-corrected chi connectivity index (χ3v) is 3.78. The first kappa shape index (κ1) is 13.0. The number of rotatable bonds is 3. The molecule has 1 saturated heterocycles. The quantitative estimate of drug-likeness (QED) is 0.738. The highest BCUT2D eigenvalue weighted by atomic mass is 16.5. The summed E-state index contributed by atoms with van der Waals surface area (Å²) < 4.78 is 4.82. The molecule has 1 saturated carbocycles. The van der Waals surface area contributed by atoms with Gasteiger partial charge in [0.1, 0.15) is 13.2 Å². The van der Waals surface area contributed by atoms with Crippen molar-refractivity contribution in [3.8, 4) is 0 Å². The van der Waals surface area contributed by atoms with Gasteiger partial charge >= 0.3 is 5.97 Å². The molecule has 1 aliphatic heterocycles. The number of carboxylic acids is 1. The number of aliphatic carboxylic acids is 1. The van der Waals surface area contributed by atoms with Gasteiger partial charge in [-0.05, 0) is 12.8 Å². The average Bonchev–Trinajstić information content (AvgIpc) is 2.35. The maximum absolute atomic E-state index is 11.6. The lowest BCUT2D eigenvalue weighted by Crippen LogP contribution is -2.53. The van der Waals surface area contributed by atoms with Crippen molar-refractivity contribution in [2.75, 3.05) is 19.8 Å². The summed E-state index contributed by atoms with van der Waals surface area (Å²) in [7, 11) is 0. The van der Waals surface area contributed by atoms with E-state index in [9.17, 15) is 19.5 Å². The summed E-state index contributed by atoms with van der Waals surface area (Å²) in [5.74, 6) is -1.77. The van der Waals surface area contributed by atoms with Crippen molar-refractivity contribution >= 4 is 17.8 Å². The lowest BCUT2D eigenvalue weighted by atomic mass is 9.73. The van der Waals surface area contributed by atoms with Crippen molar-refractivity contribution in [2.45, 2.75) is 32.1 Å². The van der Waals surface area contributed by atoms with Gasteiger partial charge in [-0.1, -0.05) is 19.3 Å². The van der Waals surface area contributed by atoms with E-state index in [1.54, 1.807) is 0 Å². The molecule has 1 heterocycles. The largest absolute Gasteiger partial charge is 0.481 e. The zero-order chi connectivity index (χ0) is 13.2. The monoisotopic (exact) mass is 255 g/mol. The summed E-state index contributed by atoms with van der Waals surface area (Å²) in [6, 6.07) is 0. The molecule has 2 aliphatic rings. The molecule has 2 rings (SSSR count). The lowest BCUT2D eigenvalue weighted by molar-refractivity contribution is -0.165. The van der Waals surface area contributed by atoms with Crippen molar-refractivity contribution in [3.05, 3.63) is 0 Å². The van der Waals surface area contributed by atoms with Crippen LogP contribution in [0.5, 0.6) is 0 Å². The number of ether oxygens (including phenoxy) is 1. The van der Waals surface area contributed by atoms with Gasteiger partial charge in [-0.25, -0.2) is 0 Å². The SMILES string of the molecule is O=C1COCC(=O)N1CC1(C(=O)O)CCCCC1. The maximum Gasteiger partial charge on any atom is 0.311 e. The summed E-state index contributed by atoms with van der Waals surface area (Å²) in [4.78, 5) is 35.8. The molecule has 0 aromatic carbocycles. The molecule has 1 N–H and O–H groups in total. The maximum atomic E-state index is 11.6. The summed E-state index contributed by atoms with van der Waals surface area (Å²) in [6.45, 7) is -0.285. The Bertz CT molecular complexity index is 357. The Morgan fingerprint density at radius 2 is 1.72 bits per heavy atom. The van der Waals surface area contributed by atoms with Gasteiger partial charge in [0.15, 0.2) is 0 Å². The average molecular weight is 255 g/mol. The molecule has 2 fully saturated rings. The Balaban J connectivity index is 2.15. The minimum Gasteiger partial charge on any atom is -0.481 e. The van der Waals surface area contributed by atoms with Crippen molar-refractivity contribution in [1.29, 1.82) is 0 Å². The van der Waals surface area contributed by atoms with E-state index in [4.69, 9.17) is 4.74 Å². The fourth-order valence-electron chi connectivity index (χ4n) is 2.67. The first-order valence-corrected chi connectivity index (χ1v) is 6.19. The van der Waals surface area contributed by atoms with E-state index in [-0.39, 0.29) is 19.8 Å². The second-order valence-corrected chi connectivity index (χ2v) is 5.01. The molecule has 2 amide bonds. The Labute approximate surface area is 105 Å². The van der Waals surface area contributed by atoms with E-state index < -0.39 is 23.2 Å². The molecular weight excluding hydrogens is 238 g/mol. The van der Waals surface area contributed by atoms with Crippen LogP contribution < -0.4 is 0 Å². The smallest absolute Gasteiger partial charge is 0.311 e. The fourth-order valence-corrected chi connectivity index (χ4v) is 2.67. The van der Waals surface area contributed by atoms with Crippen molar-refractivity contribution in [2.24, 2.45) is 5.41 Å². The molecule has 100 valence electrons. The normalized spacial score (nSPS) is 24.1. The first-order valence-electron chi connectivity index (χ1n) is 6.19. The van der Waals surface area contributed by atoms with E-state index in [2.05, 4.69) is 0 Å². The van der Waals surface area contributed by atoms with Crippen LogP contribution in [-0.4, -0.2) is 47.5 Å². The second-order valence-electron chi connectivity index (χ2n) is 5.01. The van der Waals surface area contributed by atoms with Crippen LogP contribution in [0.2, 0.25) is 0 Å². The highest BCUT2D eigenvalue weighted by molar-refractivity contribution is 5.98. The molecule has 1 aliphatic carbocycles. The molecule has 0 spiro atoms. The molecular formula is C12H17NO5. The molecule has 0 radical (unpaired) electrons. The van der Waals surface area contributed by atoms with Crippen molar-refractivity contribution in [3.63, 3.8) is 0 Å². The summed E-state index contributed by atoms with van der Waals surface area (Å²) in [6.07, 6.45) is 3.73. The molecule has 0 unspecified atom stereocenters. The van der Waals surface area contributed by atoms with Crippen molar-refractivity contribution < 1.29 is 24.2 Å². The Kier molecular flexibility index (Phi) is 3.65. The van der Waals surface area contributed by atoms with E-state index in [1.165, 1.54) is 0 Å². The number of carbonyl (C=O) groups is 3. The molecule has 0 bridgehead atoms. The zero-order valence-corrected chi connectivity index (χ0v) is 10.2. The van der Waals surface area contributed by atoms with Crippen LogP contribution in [0, 0.1) is 5.41 Å². The third kappa shape index (κ3) is 2.38. The number of carboxylic acid groups (broad SMARTS) is 1. The molecule has 18 heavy (non-hydrogen) atoms. The molecule has 0 atom stereocenters. The zero-order valence-electron chi connectivity index (χ0n) is 10.2. The van der Waals surface area contributed by atoms with Gasteiger partial charge in [-0.3, -0.25) is 19.3 Å². The van der Waals surface area contributed by atoms with Crippen LogP contribution in [0.15, 0.2) is 0 Å². The second kappa shape index (κ2) is 5.06. The van der Waals surface area contributed by atoms with Crippen LogP contribution in [-0.2, 0) is 19.1 Å². The molecule has 6 nitrogen and oxygen atoms in total. The minimum atomic E-state index is -0.957. The number of amides is 2. The Hall–Kier alpha value is -1.43. The highest BCUT2D eigenvalue weighted by Crippen LogP contribution is 2.37. The number of hydrogen-bond acceptors (Lipinski definition) is 4. The van der Waals surface area contributed by atoms with Gasteiger partial charge < -0.3 is 9.84 Å². The van der Waals surface area contributed by atoms with E-state index in [1.807, 2.05) is 0 Å². The van der Waals surface area contributed by atoms with Crippen LogP contribution >= 0.6 is 0 Å². The molecule has 0 aromatic heterocycles. The number of morpholine rings is 1. The highest BCUT2D eigenvalue weighted by Gasteiger charge is 2.44. The van der Waals surface area contributed by atoms with Gasteiger partial charge in [0.05, 0.1) is 5.41 Å². The minimum absolute atomic E-state index is 0.0106. The van der Waals surface area contributed by atoms with Crippen LogP contribution in [0.25, 0.3) is 0 Å². The number of nitrogens with zero attached hydrogens (tertiary/aromatic N) is 1. The van der Waals surface area contributed by atoms with Gasteiger partial charge in [-0.2, -0.15) is 0 Å². The molecule has 0 aromatic rings. The topological polar surface area (TPSA) is 83.9 Å². The predicted molar refractivity (Wildman–Crippen MR) is 60.7 cm³/mol. The van der Waals surface area contributed by atoms with Crippen molar-refractivity contribution in [1.82, 2.24) is 4.90 Å². The van der Waals surface area contributed by atoms with Crippen LogP contribution in [0.1, 0.15) is 32.1 Å². The molecule has 6 heteroatoms. The predicted octanol–water partition coefficient (Wildman–Crippen LogP) is 0.407. The number of imide groups is 1.